The highest BCUT2D eigenvalue weighted by Crippen LogP contribution is 2.20. The summed E-state index contributed by atoms with van der Waals surface area (Å²) in [5.74, 6) is 5.10. The first kappa shape index (κ1) is 13.6. The Morgan fingerprint density at radius 2 is 1.95 bits per heavy atom. The maximum Gasteiger partial charge on any atom is 0.257 e. The number of hydrazine groups is 1. The second kappa shape index (κ2) is 5.87. The molecule has 2 rings (SSSR count). The van der Waals surface area contributed by atoms with E-state index in [0.717, 1.165) is 5.56 Å². The summed E-state index contributed by atoms with van der Waals surface area (Å²) in [5.41, 5.74) is 5.46. The van der Waals surface area contributed by atoms with E-state index in [-0.39, 0.29) is 5.91 Å². The monoisotopic (exact) mass is 266 g/mol. The quantitative estimate of drug-likeness (QED) is 0.587. The molecule has 0 aliphatic carbocycles. The van der Waals surface area contributed by atoms with Crippen LogP contribution >= 0.6 is 0 Å². The number of para-hydroxylation sites is 1. The number of benzene rings is 2. The van der Waals surface area contributed by atoms with Gasteiger partial charge in [0, 0.05) is 5.69 Å². The summed E-state index contributed by atoms with van der Waals surface area (Å²) >= 11 is 0. The number of nitrogens with one attached hydrogen (secondary N) is 2. The molecule has 0 saturated heterocycles. The van der Waals surface area contributed by atoms with E-state index in [4.69, 9.17) is 11.1 Å². The van der Waals surface area contributed by atoms with Crippen LogP contribution in [0.3, 0.4) is 0 Å². The smallest absolute Gasteiger partial charge is 0.257 e. The number of nitrogens with two attached hydrogens (primary N) is 1. The minimum Gasteiger partial charge on any atom is -0.323 e. The molecule has 0 radical (unpaired) electrons. The number of carbonyl (C=O) groups is 1. The van der Waals surface area contributed by atoms with Crippen LogP contribution in [0.5, 0.6) is 0 Å². The number of nitriles is 1. The van der Waals surface area contributed by atoms with Gasteiger partial charge in [-0.3, -0.25) is 10.6 Å². The molecule has 0 aromatic heterocycles. The number of anilines is 2. The number of amides is 1. The molecule has 20 heavy (non-hydrogen) atoms. The molecular formula is C15H14N4O. The lowest BCUT2D eigenvalue weighted by Crippen LogP contribution is -2.17. The van der Waals surface area contributed by atoms with Crippen molar-refractivity contribution in [3.05, 3.63) is 59.2 Å². The SMILES string of the molecule is Cc1ccc(C#N)cc1NC(=O)c1ccccc1NN. The number of nitrogen functional groups attached to an aromatic ring is 1. The van der Waals surface area contributed by atoms with Gasteiger partial charge in [-0.1, -0.05) is 18.2 Å². The van der Waals surface area contributed by atoms with Crippen LogP contribution in [-0.4, -0.2) is 5.91 Å². The number of nitrogens with zero attached hydrogens (tertiary/aromatic N) is 1. The van der Waals surface area contributed by atoms with E-state index in [2.05, 4.69) is 10.7 Å². The van der Waals surface area contributed by atoms with Gasteiger partial charge in [0.25, 0.3) is 5.91 Å². The Morgan fingerprint density at radius 1 is 1.20 bits per heavy atom. The van der Waals surface area contributed by atoms with Crippen molar-refractivity contribution in [2.45, 2.75) is 6.92 Å². The van der Waals surface area contributed by atoms with Gasteiger partial charge in [0.2, 0.25) is 0 Å². The predicted molar refractivity (Wildman–Crippen MR) is 78.1 cm³/mol. The summed E-state index contributed by atoms with van der Waals surface area (Å²) in [6, 6.07) is 14.1. The molecule has 2 aromatic rings. The average molecular weight is 266 g/mol. The second-order valence-corrected chi connectivity index (χ2v) is 4.29. The van der Waals surface area contributed by atoms with E-state index in [1.807, 2.05) is 13.0 Å². The minimum atomic E-state index is -0.281. The van der Waals surface area contributed by atoms with Gasteiger partial charge in [-0.25, -0.2) is 0 Å². The molecule has 2 aromatic carbocycles. The third kappa shape index (κ3) is 2.76. The van der Waals surface area contributed by atoms with Crippen molar-refractivity contribution in [1.82, 2.24) is 0 Å². The van der Waals surface area contributed by atoms with Gasteiger partial charge in [-0.05, 0) is 36.8 Å². The molecular weight excluding hydrogens is 252 g/mol. The number of hydrogen-bond donors (Lipinski definition) is 3. The minimum absolute atomic E-state index is 0.281. The van der Waals surface area contributed by atoms with Gasteiger partial charge in [0.15, 0.2) is 0 Å². The molecule has 5 nitrogen and oxygen atoms in total. The van der Waals surface area contributed by atoms with E-state index in [9.17, 15) is 4.79 Å². The zero-order chi connectivity index (χ0) is 14.5. The van der Waals surface area contributed by atoms with Crippen molar-refractivity contribution < 1.29 is 4.79 Å². The summed E-state index contributed by atoms with van der Waals surface area (Å²) in [6.45, 7) is 1.86. The van der Waals surface area contributed by atoms with Crippen LogP contribution < -0.4 is 16.6 Å². The maximum atomic E-state index is 12.3. The van der Waals surface area contributed by atoms with Crippen molar-refractivity contribution in [3.63, 3.8) is 0 Å². The molecule has 0 fully saturated rings. The van der Waals surface area contributed by atoms with Gasteiger partial charge in [0.1, 0.15) is 0 Å². The molecule has 0 unspecified atom stereocenters. The fourth-order valence-electron chi connectivity index (χ4n) is 1.82. The largest absolute Gasteiger partial charge is 0.323 e. The highest BCUT2D eigenvalue weighted by atomic mass is 16.1. The predicted octanol–water partition coefficient (Wildman–Crippen LogP) is 2.40. The number of rotatable bonds is 3. The summed E-state index contributed by atoms with van der Waals surface area (Å²) in [7, 11) is 0. The lowest BCUT2D eigenvalue weighted by atomic mass is 10.1. The van der Waals surface area contributed by atoms with Gasteiger partial charge in [-0.2, -0.15) is 5.26 Å². The molecule has 1 amide bonds. The summed E-state index contributed by atoms with van der Waals surface area (Å²) in [6.07, 6.45) is 0. The van der Waals surface area contributed by atoms with Crippen LogP contribution in [0.2, 0.25) is 0 Å². The van der Waals surface area contributed by atoms with Crippen LogP contribution in [-0.2, 0) is 0 Å². The number of aryl methyl sites for hydroxylation is 1. The summed E-state index contributed by atoms with van der Waals surface area (Å²) < 4.78 is 0. The Balaban J connectivity index is 2.30. The molecule has 0 atom stereocenters. The van der Waals surface area contributed by atoms with Gasteiger partial charge < -0.3 is 10.7 Å². The number of carbonyl (C=O) groups excluding carboxylic acids is 1. The zero-order valence-corrected chi connectivity index (χ0v) is 11.0. The Kier molecular flexibility index (Phi) is 3.99. The normalized spacial score (nSPS) is 9.65. The maximum absolute atomic E-state index is 12.3. The van der Waals surface area contributed by atoms with E-state index in [0.29, 0.717) is 22.5 Å². The molecule has 0 saturated carbocycles. The first-order chi connectivity index (χ1) is 9.65. The van der Waals surface area contributed by atoms with Crippen molar-refractivity contribution >= 4 is 17.3 Å². The molecule has 4 N–H and O–H groups in total. The third-order valence-electron chi connectivity index (χ3n) is 2.94. The van der Waals surface area contributed by atoms with Crippen LogP contribution in [0.15, 0.2) is 42.5 Å². The van der Waals surface area contributed by atoms with E-state index in [1.54, 1.807) is 42.5 Å². The van der Waals surface area contributed by atoms with Crippen molar-refractivity contribution in [3.8, 4) is 6.07 Å². The molecule has 5 heteroatoms. The fourth-order valence-corrected chi connectivity index (χ4v) is 1.82. The molecule has 100 valence electrons. The lowest BCUT2D eigenvalue weighted by Gasteiger charge is -2.11. The highest BCUT2D eigenvalue weighted by molar-refractivity contribution is 6.08. The summed E-state index contributed by atoms with van der Waals surface area (Å²) in [5, 5.41) is 11.7. The summed E-state index contributed by atoms with van der Waals surface area (Å²) in [4.78, 5) is 12.3. The van der Waals surface area contributed by atoms with Crippen LogP contribution in [0.1, 0.15) is 21.5 Å². The standard InChI is InChI=1S/C15H14N4O/c1-10-6-7-11(9-16)8-14(10)18-15(20)12-4-2-3-5-13(12)19-17/h2-8,19H,17H2,1H3,(H,18,20). The Labute approximate surface area is 117 Å². The van der Waals surface area contributed by atoms with Gasteiger partial charge in [-0.15, -0.1) is 0 Å². The van der Waals surface area contributed by atoms with Crippen LogP contribution in [0.4, 0.5) is 11.4 Å². The van der Waals surface area contributed by atoms with Crippen molar-refractivity contribution in [1.29, 1.82) is 5.26 Å². The molecule has 0 spiro atoms. The number of hydrogen-bond acceptors (Lipinski definition) is 4. The third-order valence-corrected chi connectivity index (χ3v) is 2.94. The Hall–Kier alpha value is -2.84. The molecule has 0 heterocycles. The van der Waals surface area contributed by atoms with Gasteiger partial charge >= 0.3 is 0 Å². The Morgan fingerprint density at radius 3 is 2.65 bits per heavy atom. The first-order valence-electron chi connectivity index (χ1n) is 6.03. The Bertz CT molecular complexity index is 689. The van der Waals surface area contributed by atoms with Gasteiger partial charge in [0.05, 0.1) is 22.9 Å². The first-order valence-corrected chi connectivity index (χ1v) is 6.03. The van der Waals surface area contributed by atoms with Crippen molar-refractivity contribution in [2.75, 3.05) is 10.7 Å². The highest BCUT2D eigenvalue weighted by Gasteiger charge is 2.11. The zero-order valence-electron chi connectivity index (χ0n) is 11.0. The van der Waals surface area contributed by atoms with E-state index in [1.165, 1.54) is 0 Å². The van der Waals surface area contributed by atoms with E-state index >= 15 is 0 Å². The topological polar surface area (TPSA) is 90.9 Å². The lowest BCUT2D eigenvalue weighted by molar-refractivity contribution is 0.102. The van der Waals surface area contributed by atoms with Crippen LogP contribution in [0.25, 0.3) is 0 Å². The fraction of sp³-hybridized carbons (Fsp3) is 0.0667. The van der Waals surface area contributed by atoms with E-state index < -0.39 is 0 Å². The molecule has 0 aliphatic rings. The average Bonchev–Trinajstić information content (AvgIpc) is 2.49. The molecule has 0 bridgehead atoms. The van der Waals surface area contributed by atoms with Crippen LogP contribution in [0, 0.1) is 18.3 Å². The molecule has 0 aliphatic heterocycles. The second-order valence-electron chi connectivity index (χ2n) is 4.29. The van der Waals surface area contributed by atoms with Crippen molar-refractivity contribution in [2.24, 2.45) is 5.84 Å².